The van der Waals surface area contributed by atoms with Gasteiger partial charge in [-0.25, -0.2) is 0 Å². The van der Waals surface area contributed by atoms with Gasteiger partial charge >= 0.3 is 0 Å². The van der Waals surface area contributed by atoms with Gasteiger partial charge in [0.25, 0.3) is 0 Å². The van der Waals surface area contributed by atoms with Crippen LogP contribution in [0.25, 0.3) is 0 Å². The van der Waals surface area contributed by atoms with Crippen LogP contribution < -0.4 is 0 Å². The molecule has 3 rings (SSSR count). The molecule has 0 saturated heterocycles. The van der Waals surface area contributed by atoms with Crippen molar-refractivity contribution in [3.63, 3.8) is 0 Å². The molecule has 68 valence electrons. The summed E-state index contributed by atoms with van der Waals surface area (Å²) in [5.41, 5.74) is 0. The average Bonchev–Trinajstić information content (AvgIpc) is 2.66. The van der Waals surface area contributed by atoms with Crippen LogP contribution in [-0.2, 0) is 0 Å². The van der Waals surface area contributed by atoms with Gasteiger partial charge in [0.15, 0.2) is 0 Å². The molecule has 0 aromatic heterocycles. The Hall–Kier alpha value is -0.0800. The maximum absolute atomic E-state index is 9.74. The van der Waals surface area contributed by atoms with Crippen LogP contribution in [0.1, 0.15) is 25.7 Å². The highest BCUT2D eigenvalue weighted by Gasteiger charge is 2.55. The molecule has 2 nitrogen and oxygen atoms in total. The minimum absolute atomic E-state index is 0.398. The van der Waals surface area contributed by atoms with Gasteiger partial charge in [0, 0.05) is 0 Å². The van der Waals surface area contributed by atoms with Gasteiger partial charge in [0.2, 0.25) is 0 Å². The quantitative estimate of drug-likeness (QED) is 0.561. The number of hydrogen-bond donors (Lipinski definition) is 2. The SMILES string of the molecule is OC1CC2C(C1O)[C@H]1CC[C@@H]2C1. The fraction of sp³-hybridized carbons (Fsp3) is 1.00. The minimum atomic E-state index is -0.414. The maximum Gasteiger partial charge on any atom is 0.0832 e. The van der Waals surface area contributed by atoms with Crippen LogP contribution in [-0.4, -0.2) is 22.4 Å². The summed E-state index contributed by atoms with van der Waals surface area (Å²) in [6.45, 7) is 0. The highest BCUT2D eigenvalue weighted by molar-refractivity contribution is 5.05. The number of hydrogen-bond acceptors (Lipinski definition) is 2. The monoisotopic (exact) mass is 168 g/mol. The second-order valence-corrected chi connectivity index (χ2v) is 4.87. The number of rotatable bonds is 0. The van der Waals surface area contributed by atoms with Gasteiger partial charge in [-0.3, -0.25) is 0 Å². The molecule has 0 aromatic rings. The summed E-state index contributed by atoms with van der Waals surface area (Å²) < 4.78 is 0. The summed E-state index contributed by atoms with van der Waals surface area (Å²) in [6.07, 6.45) is 4.04. The number of aliphatic hydroxyl groups is 2. The lowest BCUT2D eigenvalue weighted by Gasteiger charge is -2.25. The van der Waals surface area contributed by atoms with Crippen molar-refractivity contribution in [1.29, 1.82) is 0 Å². The van der Waals surface area contributed by atoms with Gasteiger partial charge in [-0.2, -0.15) is 0 Å². The summed E-state index contributed by atoms with van der Waals surface area (Å²) in [4.78, 5) is 0. The lowest BCUT2D eigenvalue weighted by atomic mass is 9.81. The van der Waals surface area contributed by atoms with Crippen molar-refractivity contribution >= 4 is 0 Å². The summed E-state index contributed by atoms with van der Waals surface area (Å²) in [7, 11) is 0. The van der Waals surface area contributed by atoms with Crippen molar-refractivity contribution in [1.82, 2.24) is 0 Å². The molecule has 0 heterocycles. The lowest BCUT2D eigenvalue weighted by molar-refractivity contribution is 0.00654. The van der Waals surface area contributed by atoms with Crippen molar-refractivity contribution in [2.24, 2.45) is 23.7 Å². The third-order valence-electron chi connectivity index (χ3n) is 4.46. The Kier molecular flexibility index (Phi) is 1.37. The van der Waals surface area contributed by atoms with E-state index in [1.165, 1.54) is 19.3 Å². The Morgan fingerprint density at radius 2 is 1.67 bits per heavy atom. The highest BCUT2D eigenvalue weighted by Crippen LogP contribution is 2.58. The van der Waals surface area contributed by atoms with E-state index in [2.05, 4.69) is 0 Å². The van der Waals surface area contributed by atoms with E-state index in [9.17, 15) is 10.2 Å². The molecule has 0 aromatic carbocycles. The van der Waals surface area contributed by atoms with Gasteiger partial charge in [-0.05, 0) is 49.4 Å². The maximum atomic E-state index is 9.74. The first-order valence-corrected chi connectivity index (χ1v) is 5.13. The molecule has 2 bridgehead atoms. The van der Waals surface area contributed by atoms with E-state index in [1.807, 2.05) is 0 Å². The van der Waals surface area contributed by atoms with Crippen LogP contribution in [0.3, 0.4) is 0 Å². The van der Waals surface area contributed by atoms with Crippen molar-refractivity contribution < 1.29 is 10.2 Å². The smallest absolute Gasteiger partial charge is 0.0832 e. The fourth-order valence-electron chi connectivity index (χ4n) is 4.01. The molecule has 2 N–H and O–H groups in total. The summed E-state index contributed by atoms with van der Waals surface area (Å²) in [5.74, 6) is 2.70. The standard InChI is InChI=1S/C10H16O2/c11-8-4-7-5-1-2-6(3-5)9(7)10(8)12/h5-12H,1-4H2/t5-,6+,7?,8?,9?,10?/m1/s1. The molecule has 0 spiro atoms. The summed E-state index contributed by atoms with van der Waals surface area (Å²) in [6, 6.07) is 0. The van der Waals surface area contributed by atoms with E-state index in [0.29, 0.717) is 11.8 Å². The average molecular weight is 168 g/mol. The minimum Gasteiger partial charge on any atom is -0.390 e. The van der Waals surface area contributed by atoms with Gasteiger partial charge in [-0.15, -0.1) is 0 Å². The molecule has 6 atom stereocenters. The predicted octanol–water partition coefficient (Wildman–Crippen LogP) is 0.774. The number of fused-ring (bicyclic) bond motifs is 5. The Balaban J connectivity index is 1.90. The Morgan fingerprint density at radius 3 is 2.42 bits per heavy atom. The normalized spacial score (nSPS) is 62.5. The molecule has 3 fully saturated rings. The van der Waals surface area contributed by atoms with Crippen molar-refractivity contribution in [3.05, 3.63) is 0 Å². The second kappa shape index (κ2) is 2.24. The van der Waals surface area contributed by atoms with Crippen molar-refractivity contribution in [3.8, 4) is 0 Å². The Labute approximate surface area is 72.6 Å². The summed E-state index contributed by atoms with van der Waals surface area (Å²) in [5, 5.41) is 19.3. The van der Waals surface area contributed by atoms with Gasteiger partial charge < -0.3 is 10.2 Å². The van der Waals surface area contributed by atoms with Crippen LogP contribution in [0.2, 0.25) is 0 Å². The molecule has 2 heteroatoms. The van der Waals surface area contributed by atoms with Crippen LogP contribution in [0.15, 0.2) is 0 Å². The van der Waals surface area contributed by atoms with Crippen molar-refractivity contribution in [2.75, 3.05) is 0 Å². The van der Waals surface area contributed by atoms with Crippen LogP contribution >= 0.6 is 0 Å². The van der Waals surface area contributed by atoms with Gasteiger partial charge in [-0.1, -0.05) is 0 Å². The van der Waals surface area contributed by atoms with E-state index < -0.39 is 12.2 Å². The third kappa shape index (κ3) is 0.728. The van der Waals surface area contributed by atoms with E-state index in [-0.39, 0.29) is 0 Å². The molecular weight excluding hydrogens is 152 g/mol. The van der Waals surface area contributed by atoms with E-state index in [1.54, 1.807) is 0 Å². The van der Waals surface area contributed by atoms with Crippen molar-refractivity contribution in [2.45, 2.75) is 37.9 Å². The van der Waals surface area contributed by atoms with E-state index in [4.69, 9.17) is 0 Å². The fourth-order valence-corrected chi connectivity index (χ4v) is 4.01. The van der Waals surface area contributed by atoms with Crippen LogP contribution in [0, 0.1) is 23.7 Å². The number of aliphatic hydroxyl groups excluding tert-OH is 2. The first-order chi connectivity index (χ1) is 5.77. The molecule has 0 amide bonds. The van der Waals surface area contributed by atoms with Gasteiger partial charge in [0.05, 0.1) is 12.2 Å². The van der Waals surface area contributed by atoms with E-state index >= 15 is 0 Å². The molecular formula is C10H16O2. The molecule has 0 radical (unpaired) electrons. The van der Waals surface area contributed by atoms with E-state index in [0.717, 1.165) is 18.3 Å². The van der Waals surface area contributed by atoms with Gasteiger partial charge in [0.1, 0.15) is 0 Å². The zero-order valence-electron chi connectivity index (χ0n) is 7.19. The second-order valence-electron chi connectivity index (χ2n) is 4.87. The highest BCUT2D eigenvalue weighted by atomic mass is 16.3. The lowest BCUT2D eigenvalue weighted by Crippen LogP contribution is -2.29. The predicted molar refractivity (Wildman–Crippen MR) is 44.4 cm³/mol. The zero-order chi connectivity index (χ0) is 8.29. The molecule has 3 aliphatic carbocycles. The topological polar surface area (TPSA) is 40.5 Å². The molecule has 0 aliphatic heterocycles. The molecule has 12 heavy (non-hydrogen) atoms. The molecule has 4 unspecified atom stereocenters. The molecule has 3 aliphatic rings. The first-order valence-electron chi connectivity index (χ1n) is 5.13. The van der Waals surface area contributed by atoms with Crippen LogP contribution in [0.4, 0.5) is 0 Å². The third-order valence-corrected chi connectivity index (χ3v) is 4.46. The zero-order valence-corrected chi connectivity index (χ0v) is 7.19. The Bertz CT molecular complexity index is 202. The Morgan fingerprint density at radius 1 is 0.917 bits per heavy atom. The van der Waals surface area contributed by atoms with Crippen LogP contribution in [0.5, 0.6) is 0 Å². The molecule has 3 saturated carbocycles. The summed E-state index contributed by atoms with van der Waals surface area (Å²) >= 11 is 0. The first kappa shape index (κ1) is 7.34. The largest absolute Gasteiger partial charge is 0.390 e.